The number of nitriles is 1. The molecule has 0 aliphatic carbocycles. The molecule has 0 bridgehead atoms. The molecule has 8 heteroatoms. The number of aromatic nitrogens is 1. The Hall–Kier alpha value is -1.81. The first-order valence-electron chi connectivity index (χ1n) is 3.93. The van der Waals surface area contributed by atoms with Crippen molar-refractivity contribution in [2.45, 2.75) is 12.3 Å². The molecule has 1 rings (SSSR count). The lowest BCUT2D eigenvalue weighted by molar-refractivity contribution is -0.391. The monoisotopic (exact) mass is 247 g/mol. The second-order valence-electron chi connectivity index (χ2n) is 2.70. The van der Waals surface area contributed by atoms with Crippen molar-refractivity contribution < 1.29 is 13.7 Å². The highest BCUT2D eigenvalue weighted by Gasteiger charge is 2.29. The van der Waals surface area contributed by atoms with Gasteiger partial charge in [0.2, 0.25) is 0 Å². The van der Waals surface area contributed by atoms with E-state index in [1.165, 1.54) is 6.07 Å². The van der Waals surface area contributed by atoms with E-state index >= 15 is 0 Å². The molecule has 84 valence electrons. The van der Waals surface area contributed by atoms with Crippen molar-refractivity contribution >= 4 is 17.4 Å². The zero-order chi connectivity index (χ0) is 12.3. The molecular formula is C8H4ClF2N3O2. The highest BCUT2D eigenvalue weighted by molar-refractivity contribution is 6.17. The van der Waals surface area contributed by atoms with Crippen molar-refractivity contribution in [1.29, 1.82) is 5.26 Å². The number of alkyl halides is 3. The van der Waals surface area contributed by atoms with Gasteiger partial charge >= 0.3 is 5.82 Å². The minimum Gasteiger partial charge on any atom is -0.358 e. The molecule has 1 aromatic rings. The third kappa shape index (κ3) is 2.06. The van der Waals surface area contributed by atoms with Crippen LogP contribution in [0.2, 0.25) is 0 Å². The molecule has 1 heterocycles. The number of hydrogen-bond donors (Lipinski definition) is 0. The summed E-state index contributed by atoms with van der Waals surface area (Å²) < 4.78 is 25.2. The minimum absolute atomic E-state index is 0.0464. The summed E-state index contributed by atoms with van der Waals surface area (Å²) in [4.78, 5) is 12.7. The van der Waals surface area contributed by atoms with Gasteiger partial charge in [0, 0.05) is 5.56 Å². The summed E-state index contributed by atoms with van der Waals surface area (Å²) in [5.74, 6) is -1.23. The molecule has 0 unspecified atom stereocenters. The SMILES string of the molecule is N#Cc1c(CCl)cnc([N+](=O)[O-])c1C(F)F. The second-order valence-corrected chi connectivity index (χ2v) is 2.97. The maximum Gasteiger partial charge on any atom is 0.373 e. The van der Waals surface area contributed by atoms with E-state index in [-0.39, 0.29) is 11.4 Å². The van der Waals surface area contributed by atoms with Crippen LogP contribution in [-0.4, -0.2) is 9.91 Å². The third-order valence-corrected chi connectivity index (χ3v) is 2.11. The lowest BCUT2D eigenvalue weighted by atomic mass is 10.1. The fraction of sp³-hybridized carbons (Fsp3) is 0.250. The molecule has 0 aliphatic heterocycles. The van der Waals surface area contributed by atoms with E-state index in [1.54, 1.807) is 0 Å². The highest BCUT2D eigenvalue weighted by atomic mass is 35.5. The lowest BCUT2D eigenvalue weighted by Gasteiger charge is -2.05. The average Bonchev–Trinajstić information content (AvgIpc) is 2.26. The molecule has 0 atom stereocenters. The van der Waals surface area contributed by atoms with E-state index < -0.39 is 28.3 Å². The van der Waals surface area contributed by atoms with E-state index in [1.807, 2.05) is 0 Å². The quantitative estimate of drug-likeness (QED) is 0.467. The van der Waals surface area contributed by atoms with Crippen LogP contribution in [0, 0.1) is 21.4 Å². The van der Waals surface area contributed by atoms with Crippen molar-refractivity contribution in [3.05, 3.63) is 33.0 Å². The van der Waals surface area contributed by atoms with Crippen molar-refractivity contribution in [1.82, 2.24) is 4.98 Å². The fourth-order valence-electron chi connectivity index (χ4n) is 1.14. The molecular weight excluding hydrogens is 244 g/mol. The molecule has 1 aromatic heterocycles. The number of pyridine rings is 1. The molecule has 5 nitrogen and oxygen atoms in total. The zero-order valence-electron chi connectivity index (χ0n) is 7.65. The van der Waals surface area contributed by atoms with Crippen LogP contribution in [0.5, 0.6) is 0 Å². The molecule has 16 heavy (non-hydrogen) atoms. The van der Waals surface area contributed by atoms with Crippen LogP contribution >= 0.6 is 11.6 Å². The van der Waals surface area contributed by atoms with Crippen LogP contribution in [0.25, 0.3) is 0 Å². The Morgan fingerprint density at radius 2 is 2.31 bits per heavy atom. The summed E-state index contributed by atoms with van der Waals surface area (Å²) in [5, 5.41) is 19.2. The van der Waals surface area contributed by atoms with E-state index in [9.17, 15) is 18.9 Å². The molecule has 0 spiro atoms. The van der Waals surface area contributed by atoms with Gasteiger partial charge < -0.3 is 10.1 Å². The Labute approximate surface area is 93.4 Å². The molecule has 0 amide bonds. The first-order chi connectivity index (χ1) is 7.52. The van der Waals surface area contributed by atoms with Gasteiger partial charge in [0.25, 0.3) is 6.43 Å². The summed E-state index contributed by atoms with van der Waals surface area (Å²) in [5.41, 5.74) is -1.41. The van der Waals surface area contributed by atoms with E-state index in [0.717, 1.165) is 6.20 Å². The van der Waals surface area contributed by atoms with Crippen molar-refractivity contribution in [2.24, 2.45) is 0 Å². The second kappa shape index (κ2) is 4.81. The highest BCUT2D eigenvalue weighted by Crippen LogP contribution is 2.32. The molecule has 0 radical (unpaired) electrons. The molecule has 0 saturated carbocycles. The Balaban J connectivity index is 3.58. The van der Waals surface area contributed by atoms with Gasteiger partial charge in [-0.3, -0.25) is 0 Å². The number of nitro groups is 1. The van der Waals surface area contributed by atoms with Crippen LogP contribution in [0.3, 0.4) is 0 Å². The van der Waals surface area contributed by atoms with Crippen LogP contribution in [0.4, 0.5) is 14.6 Å². The fourth-order valence-corrected chi connectivity index (χ4v) is 1.35. The van der Waals surface area contributed by atoms with Gasteiger partial charge in [-0.15, -0.1) is 11.6 Å². The van der Waals surface area contributed by atoms with Gasteiger partial charge in [-0.05, 0) is 9.91 Å². The Morgan fingerprint density at radius 1 is 1.69 bits per heavy atom. The number of halogens is 3. The number of hydrogen-bond acceptors (Lipinski definition) is 4. The van der Waals surface area contributed by atoms with Gasteiger partial charge in [0.1, 0.15) is 17.8 Å². The number of rotatable bonds is 3. The molecule has 0 aromatic carbocycles. The van der Waals surface area contributed by atoms with Crippen LogP contribution < -0.4 is 0 Å². The van der Waals surface area contributed by atoms with Crippen LogP contribution in [0.1, 0.15) is 23.1 Å². The average molecular weight is 248 g/mol. The topological polar surface area (TPSA) is 79.8 Å². The van der Waals surface area contributed by atoms with E-state index in [2.05, 4.69) is 4.98 Å². The Morgan fingerprint density at radius 3 is 2.69 bits per heavy atom. The smallest absolute Gasteiger partial charge is 0.358 e. The molecule has 0 N–H and O–H groups in total. The molecule has 0 saturated heterocycles. The standard InChI is InChI=1S/C8H4ClF2N3O2/c9-1-4-3-13-8(14(15)16)6(7(10)11)5(4)2-12/h3,7H,1H2. The summed E-state index contributed by atoms with van der Waals surface area (Å²) in [7, 11) is 0. The number of nitrogens with zero attached hydrogens (tertiary/aromatic N) is 3. The summed E-state index contributed by atoms with van der Waals surface area (Å²) in [6.07, 6.45) is -2.19. The largest absolute Gasteiger partial charge is 0.373 e. The predicted octanol–water partition coefficient (Wildman–Crippen LogP) is 2.54. The maximum absolute atomic E-state index is 12.6. The van der Waals surface area contributed by atoms with Gasteiger partial charge in [0.05, 0.1) is 11.4 Å². The predicted molar refractivity (Wildman–Crippen MR) is 50.1 cm³/mol. The van der Waals surface area contributed by atoms with Gasteiger partial charge in [-0.1, -0.05) is 0 Å². The summed E-state index contributed by atoms with van der Waals surface area (Å²) in [6.45, 7) is 0. The van der Waals surface area contributed by atoms with Crippen molar-refractivity contribution in [3.63, 3.8) is 0 Å². The molecule has 0 fully saturated rings. The van der Waals surface area contributed by atoms with Gasteiger partial charge in [-0.2, -0.15) is 5.26 Å². The van der Waals surface area contributed by atoms with Gasteiger partial charge in [0.15, 0.2) is 0 Å². The normalized spacial score (nSPS) is 10.2. The van der Waals surface area contributed by atoms with Crippen LogP contribution in [-0.2, 0) is 5.88 Å². The summed E-state index contributed by atoms with van der Waals surface area (Å²) >= 11 is 5.41. The van der Waals surface area contributed by atoms with Gasteiger partial charge in [-0.25, -0.2) is 8.78 Å². The van der Waals surface area contributed by atoms with Crippen molar-refractivity contribution in [3.8, 4) is 6.07 Å². The van der Waals surface area contributed by atoms with E-state index in [4.69, 9.17) is 16.9 Å². The summed E-state index contributed by atoms with van der Waals surface area (Å²) in [6, 6.07) is 1.48. The Bertz CT molecular complexity index is 473. The Kier molecular flexibility index (Phi) is 3.68. The first kappa shape index (κ1) is 12.3. The van der Waals surface area contributed by atoms with Crippen LogP contribution in [0.15, 0.2) is 6.20 Å². The maximum atomic E-state index is 12.6. The van der Waals surface area contributed by atoms with E-state index in [0.29, 0.717) is 0 Å². The molecule has 0 aliphatic rings. The minimum atomic E-state index is -3.15. The third-order valence-electron chi connectivity index (χ3n) is 1.82. The zero-order valence-corrected chi connectivity index (χ0v) is 8.41. The lowest BCUT2D eigenvalue weighted by Crippen LogP contribution is -2.04. The van der Waals surface area contributed by atoms with Crippen molar-refractivity contribution in [2.75, 3.05) is 0 Å². The first-order valence-corrected chi connectivity index (χ1v) is 4.46.